The molecule has 1 atom stereocenters. The van der Waals surface area contributed by atoms with Crippen LogP contribution in [0.2, 0.25) is 5.02 Å². The van der Waals surface area contributed by atoms with Gasteiger partial charge in [0.15, 0.2) is 5.13 Å². The average molecular weight is 401 g/mol. The Balaban J connectivity index is 1.73. The third-order valence-electron chi connectivity index (χ3n) is 4.38. The third kappa shape index (κ3) is 4.75. The van der Waals surface area contributed by atoms with Crippen LogP contribution < -0.4 is 10.2 Å². The molecule has 0 unspecified atom stereocenters. The second-order valence-electron chi connectivity index (χ2n) is 6.56. The summed E-state index contributed by atoms with van der Waals surface area (Å²) in [5.41, 5.74) is 4.02. The van der Waals surface area contributed by atoms with Crippen molar-refractivity contribution in [1.29, 1.82) is 0 Å². The molecule has 0 bridgehead atoms. The van der Waals surface area contributed by atoms with Gasteiger partial charge in [-0.25, -0.2) is 4.98 Å². The van der Waals surface area contributed by atoms with Crippen LogP contribution in [0.4, 0.5) is 10.8 Å². The zero-order chi connectivity index (χ0) is 19.4. The number of carbonyl (C=O) groups is 1. The van der Waals surface area contributed by atoms with Crippen molar-refractivity contribution in [3.8, 4) is 0 Å². The highest BCUT2D eigenvalue weighted by atomic mass is 35.5. The van der Waals surface area contributed by atoms with Crippen LogP contribution in [0.25, 0.3) is 0 Å². The van der Waals surface area contributed by atoms with Gasteiger partial charge in [-0.3, -0.25) is 9.69 Å². The van der Waals surface area contributed by atoms with Gasteiger partial charge in [-0.2, -0.15) is 0 Å². The van der Waals surface area contributed by atoms with Crippen molar-refractivity contribution in [2.75, 3.05) is 4.90 Å². The molecule has 2 aromatic carbocycles. The standard InChI is InChI=1S/C21H22ClN3OS/c1-14-7-6-8-18(11-14)25(16(3)26)21-24-17(13-27-21)12-23-15(2)19-9-4-5-10-20(19)22/h4-11,13,15,23H,12H2,1-3H3/p+1/t15-/m1/s1. The smallest absolute Gasteiger partial charge is 0.230 e. The fourth-order valence-electron chi connectivity index (χ4n) is 2.96. The van der Waals surface area contributed by atoms with E-state index in [0.29, 0.717) is 5.13 Å². The number of hydrogen-bond donors (Lipinski definition) is 1. The summed E-state index contributed by atoms with van der Waals surface area (Å²) in [6.45, 7) is 6.43. The predicted octanol–water partition coefficient (Wildman–Crippen LogP) is 4.61. The maximum atomic E-state index is 12.2. The molecule has 0 saturated heterocycles. The van der Waals surface area contributed by atoms with Crippen LogP contribution in [-0.2, 0) is 11.3 Å². The minimum atomic E-state index is -0.0464. The van der Waals surface area contributed by atoms with Crippen molar-refractivity contribution >= 4 is 39.7 Å². The molecule has 1 heterocycles. The van der Waals surface area contributed by atoms with E-state index < -0.39 is 0 Å². The molecule has 1 amide bonds. The van der Waals surface area contributed by atoms with Gasteiger partial charge in [0.1, 0.15) is 18.3 Å². The maximum absolute atomic E-state index is 12.2. The zero-order valence-corrected chi connectivity index (χ0v) is 17.2. The van der Waals surface area contributed by atoms with Crippen molar-refractivity contribution in [2.45, 2.75) is 33.4 Å². The van der Waals surface area contributed by atoms with E-state index in [1.807, 2.05) is 60.8 Å². The Morgan fingerprint density at radius 2 is 2.04 bits per heavy atom. The van der Waals surface area contributed by atoms with Gasteiger partial charge in [0.25, 0.3) is 0 Å². The number of aryl methyl sites for hydroxylation is 1. The molecule has 2 N–H and O–H groups in total. The molecule has 1 aromatic heterocycles. The number of rotatable bonds is 6. The fraction of sp³-hybridized carbons (Fsp3) is 0.238. The molecule has 4 nitrogen and oxygen atoms in total. The summed E-state index contributed by atoms with van der Waals surface area (Å²) in [5.74, 6) is -0.0464. The van der Waals surface area contributed by atoms with Crippen LogP contribution in [0.5, 0.6) is 0 Å². The van der Waals surface area contributed by atoms with E-state index in [4.69, 9.17) is 11.6 Å². The Bertz CT molecular complexity index is 940. The Morgan fingerprint density at radius 3 is 2.74 bits per heavy atom. The highest BCUT2D eigenvalue weighted by Crippen LogP contribution is 2.29. The number of thiazole rings is 1. The lowest BCUT2D eigenvalue weighted by molar-refractivity contribution is -0.708. The SMILES string of the molecule is CC(=O)N(c1cccc(C)c1)c1nc(C[NH2+][C@H](C)c2ccccc2Cl)cs1. The van der Waals surface area contributed by atoms with Crippen LogP contribution in [0.15, 0.2) is 53.9 Å². The summed E-state index contributed by atoms with van der Waals surface area (Å²) in [6.07, 6.45) is 0. The van der Waals surface area contributed by atoms with Crippen molar-refractivity contribution < 1.29 is 10.1 Å². The summed E-state index contributed by atoms with van der Waals surface area (Å²) in [7, 11) is 0. The molecular weight excluding hydrogens is 378 g/mol. The Hall–Kier alpha value is -2.21. The molecule has 140 valence electrons. The Kier molecular flexibility index (Phi) is 6.26. The number of aromatic nitrogens is 1. The van der Waals surface area contributed by atoms with Gasteiger partial charge in [0.05, 0.1) is 5.69 Å². The van der Waals surface area contributed by atoms with Gasteiger partial charge in [-0.15, -0.1) is 11.3 Å². The zero-order valence-electron chi connectivity index (χ0n) is 15.6. The largest absolute Gasteiger partial charge is 0.335 e. The van der Waals surface area contributed by atoms with Gasteiger partial charge < -0.3 is 5.32 Å². The lowest BCUT2D eigenvalue weighted by Crippen LogP contribution is -2.83. The van der Waals surface area contributed by atoms with Gasteiger partial charge in [0.2, 0.25) is 5.91 Å². The number of nitrogens with zero attached hydrogens (tertiary/aromatic N) is 2. The van der Waals surface area contributed by atoms with Gasteiger partial charge >= 0.3 is 0 Å². The molecular formula is C21H23ClN3OS+. The molecule has 27 heavy (non-hydrogen) atoms. The number of quaternary nitrogens is 1. The second-order valence-corrected chi connectivity index (χ2v) is 7.81. The molecule has 0 aliphatic heterocycles. The molecule has 0 fully saturated rings. The van der Waals surface area contributed by atoms with E-state index in [0.717, 1.165) is 34.1 Å². The van der Waals surface area contributed by atoms with E-state index in [1.54, 1.807) is 11.8 Å². The summed E-state index contributed by atoms with van der Waals surface area (Å²) in [4.78, 5) is 18.6. The number of carbonyl (C=O) groups excluding carboxylic acids is 1. The van der Waals surface area contributed by atoms with Crippen LogP contribution in [0.3, 0.4) is 0 Å². The second kappa shape index (κ2) is 8.65. The van der Waals surface area contributed by atoms with Crippen molar-refractivity contribution in [3.05, 3.63) is 75.8 Å². The van der Waals surface area contributed by atoms with E-state index >= 15 is 0 Å². The van der Waals surface area contributed by atoms with Crippen LogP contribution in [0.1, 0.15) is 36.7 Å². The van der Waals surface area contributed by atoms with Crippen molar-refractivity contribution in [3.63, 3.8) is 0 Å². The van der Waals surface area contributed by atoms with E-state index in [2.05, 4.69) is 17.2 Å². The lowest BCUT2D eigenvalue weighted by Gasteiger charge is -2.18. The number of amides is 1. The van der Waals surface area contributed by atoms with Crippen LogP contribution >= 0.6 is 22.9 Å². The maximum Gasteiger partial charge on any atom is 0.230 e. The number of nitrogens with two attached hydrogens (primary N) is 1. The first-order valence-electron chi connectivity index (χ1n) is 8.85. The molecule has 0 saturated carbocycles. The summed E-state index contributed by atoms with van der Waals surface area (Å²) in [5, 5.41) is 5.69. The van der Waals surface area contributed by atoms with Crippen molar-refractivity contribution in [1.82, 2.24) is 4.98 Å². The molecule has 0 radical (unpaired) electrons. The highest BCUT2D eigenvalue weighted by molar-refractivity contribution is 7.14. The first-order valence-corrected chi connectivity index (χ1v) is 10.1. The quantitative estimate of drug-likeness (QED) is 0.656. The number of halogens is 1. The summed E-state index contributed by atoms with van der Waals surface area (Å²) in [6, 6.07) is 16.0. The monoisotopic (exact) mass is 400 g/mol. The predicted molar refractivity (Wildman–Crippen MR) is 112 cm³/mol. The minimum Gasteiger partial charge on any atom is -0.335 e. The van der Waals surface area contributed by atoms with E-state index in [1.165, 1.54) is 11.3 Å². The lowest BCUT2D eigenvalue weighted by atomic mass is 10.1. The van der Waals surface area contributed by atoms with E-state index in [9.17, 15) is 4.79 Å². The number of benzene rings is 2. The Labute approximate surface area is 168 Å². The fourth-order valence-corrected chi connectivity index (χ4v) is 4.16. The third-order valence-corrected chi connectivity index (χ3v) is 5.60. The molecule has 0 spiro atoms. The Morgan fingerprint density at radius 1 is 1.26 bits per heavy atom. The number of anilines is 2. The van der Waals surface area contributed by atoms with Crippen LogP contribution in [-0.4, -0.2) is 10.9 Å². The van der Waals surface area contributed by atoms with Gasteiger partial charge in [-0.05, 0) is 37.6 Å². The first kappa shape index (κ1) is 19.5. The molecule has 0 aliphatic carbocycles. The number of hydrogen-bond acceptors (Lipinski definition) is 3. The molecule has 0 aliphatic rings. The van der Waals surface area contributed by atoms with Gasteiger partial charge in [0, 0.05) is 22.9 Å². The van der Waals surface area contributed by atoms with Crippen LogP contribution in [0, 0.1) is 6.92 Å². The highest BCUT2D eigenvalue weighted by Gasteiger charge is 2.19. The van der Waals surface area contributed by atoms with Crippen molar-refractivity contribution in [2.24, 2.45) is 0 Å². The summed E-state index contributed by atoms with van der Waals surface area (Å²) < 4.78 is 0. The van der Waals surface area contributed by atoms with E-state index in [-0.39, 0.29) is 11.9 Å². The molecule has 3 rings (SSSR count). The topological polar surface area (TPSA) is 49.8 Å². The first-order chi connectivity index (χ1) is 13.0. The summed E-state index contributed by atoms with van der Waals surface area (Å²) >= 11 is 7.77. The molecule has 3 aromatic rings. The average Bonchev–Trinajstić information content (AvgIpc) is 3.08. The van der Waals surface area contributed by atoms with Gasteiger partial charge in [-0.1, -0.05) is 41.9 Å². The normalized spacial score (nSPS) is 12.0. The minimum absolute atomic E-state index is 0.0464. The molecule has 6 heteroatoms.